The summed E-state index contributed by atoms with van der Waals surface area (Å²) in [7, 11) is -9.92. The van der Waals surface area contributed by atoms with E-state index in [9.17, 15) is 43.2 Å². The van der Waals surface area contributed by atoms with E-state index in [1.807, 2.05) is 0 Å². The Hall–Kier alpha value is -1.94. The van der Waals surface area contributed by atoms with Gasteiger partial charge in [-0.15, -0.1) is 0 Å². The highest BCUT2D eigenvalue weighted by Crippen LogP contribution is 2.45. The first kappa shape index (κ1) is 95.1. The normalized spacial score (nSPS) is 14.9. The number of unbranched alkanes of at least 4 members (excludes halogenated alkanes) is 38. The molecule has 0 bridgehead atoms. The molecule has 19 heteroatoms. The third-order valence-electron chi connectivity index (χ3n) is 19.2. The summed E-state index contributed by atoms with van der Waals surface area (Å²) >= 11 is 0. The lowest BCUT2D eigenvalue weighted by Crippen LogP contribution is -2.30. The molecule has 97 heavy (non-hydrogen) atoms. The summed E-state index contributed by atoms with van der Waals surface area (Å²) in [5.41, 5.74) is 0. The molecule has 0 saturated carbocycles. The standard InChI is InChI=1S/C78H152O17P2/c1-9-69(6)55-47-39-31-24-20-18-16-14-12-13-15-17-19-21-26-34-44-52-60-77(82)95-74(65-89-76(81)59-51-43-37-36-41-49-57-71(8)11-3)67-93-97(86,87)91-63-72(79)62-90-96(84,85)92-66-73(64-88-75(80)58-50-42-33-29-28-30-38-46-54-68(4)5)94-78(83)61-53-45-35-27-23-22-25-32-40-48-56-70(7)10-2/h68-74,79H,9-67H2,1-8H3,(H,84,85)(H,86,87)/t69?,70?,71?,72?,73-,74-/m1/s1. The van der Waals surface area contributed by atoms with Gasteiger partial charge >= 0.3 is 39.5 Å². The van der Waals surface area contributed by atoms with Gasteiger partial charge in [-0.25, -0.2) is 9.13 Å². The van der Waals surface area contributed by atoms with E-state index >= 15 is 0 Å². The Bertz CT molecular complexity index is 1910. The minimum atomic E-state index is -4.96. The average molecular weight is 1420 g/mol. The molecule has 0 fully saturated rings. The molecule has 0 spiro atoms. The van der Waals surface area contributed by atoms with Crippen LogP contribution in [0.25, 0.3) is 0 Å². The van der Waals surface area contributed by atoms with Crippen LogP contribution in [0, 0.1) is 23.7 Å². The quantitative estimate of drug-likeness (QED) is 0.0222. The zero-order valence-electron chi connectivity index (χ0n) is 63.7. The second-order valence-corrected chi connectivity index (χ2v) is 32.2. The number of carbonyl (C=O) groups is 4. The first-order chi connectivity index (χ1) is 46.7. The molecule has 8 atom stereocenters. The number of phosphoric ester groups is 2. The van der Waals surface area contributed by atoms with Crippen molar-refractivity contribution in [3.63, 3.8) is 0 Å². The molecule has 0 heterocycles. The highest BCUT2D eigenvalue weighted by atomic mass is 31.2. The second kappa shape index (κ2) is 67.2. The van der Waals surface area contributed by atoms with Crippen molar-refractivity contribution in [1.29, 1.82) is 0 Å². The van der Waals surface area contributed by atoms with Gasteiger partial charge < -0.3 is 33.8 Å². The van der Waals surface area contributed by atoms with Gasteiger partial charge in [-0.05, 0) is 49.4 Å². The maximum Gasteiger partial charge on any atom is 0.472 e. The molecule has 0 rings (SSSR count). The van der Waals surface area contributed by atoms with Crippen molar-refractivity contribution in [2.24, 2.45) is 23.7 Å². The number of carbonyl (C=O) groups excluding carboxylic acids is 4. The van der Waals surface area contributed by atoms with E-state index in [2.05, 4.69) is 55.4 Å². The summed E-state index contributed by atoms with van der Waals surface area (Å²) in [5.74, 6) is 1.01. The van der Waals surface area contributed by atoms with Crippen molar-refractivity contribution in [2.45, 2.75) is 414 Å². The second-order valence-electron chi connectivity index (χ2n) is 29.3. The topological polar surface area (TPSA) is 237 Å². The van der Waals surface area contributed by atoms with E-state index in [0.717, 1.165) is 120 Å². The molecule has 0 radical (unpaired) electrons. The van der Waals surface area contributed by atoms with Crippen LogP contribution in [0.2, 0.25) is 0 Å². The van der Waals surface area contributed by atoms with Crippen molar-refractivity contribution in [3.8, 4) is 0 Å². The molecule has 0 aromatic rings. The largest absolute Gasteiger partial charge is 0.472 e. The minimum absolute atomic E-state index is 0.105. The molecule has 3 N–H and O–H groups in total. The highest BCUT2D eigenvalue weighted by Gasteiger charge is 2.30. The van der Waals surface area contributed by atoms with Crippen molar-refractivity contribution in [1.82, 2.24) is 0 Å². The van der Waals surface area contributed by atoms with Gasteiger partial charge in [0, 0.05) is 25.7 Å². The molecule has 6 unspecified atom stereocenters. The number of aliphatic hydroxyl groups is 1. The first-order valence-electron chi connectivity index (χ1n) is 40.3. The van der Waals surface area contributed by atoms with E-state index in [-0.39, 0.29) is 25.7 Å². The Morgan fingerprint density at radius 3 is 0.732 bits per heavy atom. The molecule has 0 saturated heterocycles. The first-order valence-corrected chi connectivity index (χ1v) is 43.3. The molecule has 0 aliphatic carbocycles. The van der Waals surface area contributed by atoms with E-state index in [1.54, 1.807) is 0 Å². The third-order valence-corrected chi connectivity index (χ3v) is 21.1. The predicted octanol–water partition coefficient (Wildman–Crippen LogP) is 22.8. The van der Waals surface area contributed by atoms with Crippen LogP contribution in [-0.2, 0) is 65.4 Å². The summed E-state index contributed by atoms with van der Waals surface area (Å²) in [6.07, 6.45) is 52.8. The van der Waals surface area contributed by atoms with Gasteiger partial charge in [0.15, 0.2) is 12.2 Å². The summed E-state index contributed by atoms with van der Waals surface area (Å²) in [5, 5.41) is 10.6. The monoisotopic (exact) mass is 1420 g/mol. The van der Waals surface area contributed by atoms with E-state index < -0.39 is 97.5 Å². The third kappa shape index (κ3) is 68.3. The Morgan fingerprint density at radius 1 is 0.289 bits per heavy atom. The van der Waals surface area contributed by atoms with Crippen LogP contribution in [0.5, 0.6) is 0 Å². The Balaban J connectivity index is 5.19. The van der Waals surface area contributed by atoms with Crippen molar-refractivity contribution in [2.75, 3.05) is 39.6 Å². The van der Waals surface area contributed by atoms with Crippen LogP contribution in [0.15, 0.2) is 0 Å². The fourth-order valence-corrected chi connectivity index (χ4v) is 13.4. The molecule has 576 valence electrons. The van der Waals surface area contributed by atoms with Gasteiger partial charge in [0.25, 0.3) is 0 Å². The van der Waals surface area contributed by atoms with Crippen LogP contribution in [0.3, 0.4) is 0 Å². The lowest BCUT2D eigenvalue weighted by atomic mass is 9.99. The number of rotatable bonds is 75. The number of aliphatic hydroxyl groups excluding tert-OH is 1. The van der Waals surface area contributed by atoms with Gasteiger partial charge in [-0.1, -0.05) is 344 Å². The van der Waals surface area contributed by atoms with Crippen LogP contribution in [0.4, 0.5) is 0 Å². The molecule has 17 nitrogen and oxygen atoms in total. The summed E-state index contributed by atoms with van der Waals surface area (Å²) in [6.45, 7) is 14.2. The highest BCUT2D eigenvalue weighted by molar-refractivity contribution is 7.47. The minimum Gasteiger partial charge on any atom is -0.462 e. The molecule has 0 aliphatic heterocycles. The zero-order chi connectivity index (χ0) is 71.7. The number of phosphoric acid groups is 2. The summed E-state index contributed by atoms with van der Waals surface area (Å²) in [4.78, 5) is 72.8. The Morgan fingerprint density at radius 2 is 0.495 bits per heavy atom. The fourth-order valence-electron chi connectivity index (χ4n) is 11.8. The van der Waals surface area contributed by atoms with E-state index in [4.69, 9.17) is 37.0 Å². The number of ether oxygens (including phenoxy) is 4. The van der Waals surface area contributed by atoms with Gasteiger partial charge in [-0.2, -0.15) is 0 Å². The molecular weight excluding hydrogens is 1270 g/mol. The summed E-state index contributed by atoms with van der Waals surface area (Å²) in [6, 6.07) is 0. The van der Waals surface area contributed by atoms with Gasteiger partial charge in [-0.3, -0.25) is 37.3 Å². The molecule has 0 aromatic carbocycles. The lowest BCUT2D eigenvalue weighted by Gasteiger charge is -2.21. The van der Waals surface area contributed by atoms with Crippen LogP contribution < -0.4 is 0 Å². The molecule has 0 aromatic heterocycles. The maximum absolute atomic E-state index is 13.1. The van der Waals surface area contributed by atoms with E-state index in [0.29, 0.717) is 25.7 Å². The number of esters is 4. The molecule has 0 amide bonds. The molecular formula is C78H152O17P2. The zero-order valence-corrected chi connectivity index (χ0v) is 65.5. The predicted molar refractivity (Wildman–Crippen MR) is 395 cm³/mol. The van der Waals surface area contributed by atoms with Gasteiger partial charge in [0.2, 0.25) is 0 Å². The number of hydrogen-bond donors (Lipinski definition) is 3. The Kier molecular flexibility index (Phi) is 65.9. The van der Waals surface area contributed by atoms with Crippen molar-refractivity contribution < 1.29 is 80.2 Å². The Labute approximate surface area is 594 Å². The van der Waals surface area contributed by atoms with Crippen LogP contribution >= 0.6 is 15.6 Å². The van der Waals surface area contributed by atoms with Crippen molar-refractivity contribution >= 4 is 39.5 Å². The van der Waals surface area contributed by atoms with Gasteiger partial charge in [0.1, 0.15) is 19.3 Å². The van der Waals surface area contributed by atoms with Crippen LogP contribution in [0.1, 0.15) is 396 Å². The average Bonchev–Trinajstić information content (AvgIpc) is 1.05. The van der Waals surface area contributed by atoms with E-state index in [1.165, 1.54) is 193 Å². The maximum atomic E-state index is 13.1. The smallest absolute Gasteiger partial charge is 0.462 e. The summed E-state index contributed by atoms with van der Waals surface area (Å²) < 4.78 is 68.5. The van der Waals surface area contributed by atoms with Gasteiger partial charge in [0.05, 0.1) is 26.4 Å². The number of hydrogen-bond acceptors (Lipinski definition) is 15. The molecule has 0 aliphatic rings. The van der Waals surface area contributed by atoms with Crippen LogP contribution in [-0.4, -0.2) is 96.7 Å². The SMILES string of the molecule is CCC(C)CCCCCCCCCCCCCCCCCCCCC(=O)O[C@H](COC(=O)CCCCCCCCC(C)CC)COP(=O)(O)OCC(O)COP(=O)(O)OC[C@@H](COC(=O)CCCCCCCCCCC(C)C)OC(=O)CCCCCCCCCCCCC(C)CC. The van der Waals surface area contributed by atoms with Crippen molar-refractivity contribution in [3.05, 3.63) is 0 Å². The lowest BCUT2D eigenvalue weighted by molar-refractivity contribution is -0.161. The fraction of sp³-hybridized carbons (Fsp3) is 0.949.